The van der Waals surface area contributed by atoms with E-state index in [4.69, 9.17) is 0 Å². The molecular weight excluding hydrogens is 493 g/mol. The van der Waals surface area contributed by atoms with Gasteiger partial charge in [0.2, 0.25) is 10.0 Å². The average molecular weight is 517 g/mol. The molecule has 35 heavy (non-hydrogen) atoms. The molecule has 2 aromatic heterocycles. The van der Waals surface area contributed by atoms with Crippen LogP contribution in [0.1, 0.15) is 34.6 Å². The number of unbranched alkanes of at least 4 members (excludes halogenated alkanes) is 1. The minimum atomic E-state index is -4.80. The number of ether oxygens (including phenoxy) is 1. The van der Waals surface area contributed by atoms with Gasteiger partial charge in [0, 0.05) is 25.8 Å². The van der Waals surface area contributed by atoms with E-state index >= 15 is 0 Å². The van der Waals surface area contributed by atoms with Crippen molar-refractivity contribution in [3.05, 3.63) is 53.6 Å². The largest absolute Gasteiger partial charge is 0.573 e. The summed E-state index contributed by atoms with van der Waals surface area (Å²) in [7, 11) is -3.31. The number of alkyl halides is 3. The van der Waals surface area contributed by atoms with Gasteiger partial charge >= 0.3 is 6.36 Å². The van der Waals surface area contributed by atoms with Crippen LogP contribution in [0.3, 0.4) is 0 Å². The van der Waals surface area contributed by atoms with Crippen molar-refractivity contribution in [3.8, 4) is 5.75 Å². The number of nitrogens with zero attached hydrogens (tertiary/aromatic N) is 6. The fraction of sp³-hybridized carbons (Fsp3) is 0.421. The monoisotopic (exact) mass is 516 g/mol. The van der Waals surface area contributed by atoms with E-state index in [1.54, 1.807) is 16.9 Å². The fourth-order valence-corrected chi connectivity index (χ4v) is 3.33. The number of rotatable bonds is 12. The molecule has 0 saturated heterocycles. The van der Waals surface area contributed by atoms with Crippen molar-refractivity contribution < 1.29 is 31.1 Å². The zero-order chi connectivity index (χ0) is 25.5. The third-order valence-corrected chi connectivity index (χ3v) is 5.15. The Hall–Kier alpha value is -3.53. The summed E-state index contributed by atoms with van der Waals surface area (Å²) >= 11 is 0. The molecule has 0 fully saturated rings. The molecule has 0 radical (unpaired) electrons. The van der Waals surface area contributed by atoms with Crippen molar-refractivity contribution in [2.45, 2.75) is 45.4 Å². The second kappa shape index (κ2) is 11.3. The van der Waals surface area contributed by atoms with Gasteiger partial charge in [-0.2, -0.15) is 0 Å². The highest BCUT2D eigenvalue weighted by Gasteiger charge is 2.31. The van der Waals surface area contributed by atoms with Gasteiger partial charge < -0.3 is 10.1 Å². The number of nitrogens with one attached hydrogen (secondary N) is 2. The molecule has 12 nitrogen and oxygen atoms in total. The number of sulfonamides is 1. The van der Waals surface area contributed by atoms with Crippen molar-refractivity contribution in [3.63, 3.8) is 0 Å². The van der Waals surface area contributed by atoms with E-state index < -0.39 is 22.3 Å². The van der Waals surface area contributed by atoms with Crippen LogP contribution >= 0.6 is 0 Å². The second-order valence-corrected chi connectivity index (χ2v) is 9.35. The quantitative estimate of drug-likeness (QED) is 0.342. The highest BCUT2D eigenvalue weighted by atomic mass is 32.2. The van der Waals surface area contributed by atoms with Crippen molar-refractivity contribution in [2.75, 3.05) is 6.26 Å². The molecule has 0 aliphatic heterocycles. The predicted octanol–water partition coefficient (Wildman–Crippen LogP) is 1.23. The first-order chi connectivity index (χ1) is 16.5. The Balaban J connectivity index is 1.40. The molecule has 1 aromatic carbocycles. The molecule has 1 amide bonds. The molecule has 0 aliphatic carbocycles. The van der Waals surface area contributed by atoms with Crippen molar-refractivity contribution in [2.24, 2.45) is 0 Å². The minimum absolute atomic E-state index is 0.0135. The summed E-state index contributed by atoms with van der Waals surface area (Å²) in [4.78, 5) is 12.3. The van der Waals surface area contributed by atoms with Gasteiger partial charge in [-0.05, 0) is 30.5 Å². The Bertz CT molecular complexity index is 1240. The van der Waals surface area contributed by atoms with E-state index in [1.165, 1.54) is 29.1 Å². The Kier molecular flexibility index (Phi) is 8.39. The molecule has 0 saturated carbocycles. The summed E-state index contributed by atoms with van der Waals surface area (Å²) in [5.41, 5.74) is 1.00. The molecule has 190 valence electrons. The number of aryl methyl sites for hydroxylation is 2. The third kappa shape index (κ3) is 9.32. The summed E-state index contributed by atoms with van der Waals surface area (Å²) in [6, 6.07) is 5.31. The summed E-state index contributed by atoms with van der Waals surface area (Å²) in [6.45, 7) is 1.11. The molecule has 16 heteroatoms. The lowest BCUT2D eigenvalue weighted by Crippen LogP contribution is -2.23. The summed E-state index contributed by atoms with van der Waals surface area (Å²) in [6.07, 6.45) is 0.819. The zero-order valence-corrected chi connectivity index (χ0v) is 19.4. The van der Waals surface area contributed by atoms with Gasteiger partial charge in [-0.15, -0.1) is 23.4 Å². The maximum atomic E-state index is 12.3. The Morgan fingerprint density at radius 2 is 1.74 bits per heavy atom. The van der Waals surface area contributed by atoms with Crippen LogP contribution in [0.15, 0.2) is 36.7 Å². The van der Waals surface area contributed by atoms with E-state index in [0.717, 1.165) is 12.7 Å². The van der Waals surface area contributed by atoms with Crippen molar-refractivity contribution >= 4 is 15.9 Å². The number of hydrogen-bond acceptors (Lipinski definition) is 8. The van der Waals surface area contributed by atoms with Gasteiger partial charge in [0.1, 0.15) is 5.75 Å². The number of carbonyl (C=O) groups is 1. The normalized spacial score (nSPS) is 12.0. The van der Waals surface area contributed by atoms with Gasteiger partial charge in [-0.3, -0.25) is 14.2 Å². The van der Waals surface area contributed by atoms with Gasteiger partial charge in [0.25, 0.3) is 5.91 Å². The van der Waals surface area contributed by atoms with E-state index in [-0.39, 0.29) is 24.5 Å². The van der Waals surface area contributed by atoms with E-state index in [0.29, 0.717) is 30.8 Å². The summed E-state index contributed by atoms with van der Waals surface area (Å²) < 4.78 is 68.6. The van der Waals surface area contributed by atoms with E-state index in [2.05, 4.69) is 35.4 Å². The molecule has 0 bridgehead atoms. The average Bonchev–Trinajstić information content (AvgIpc) is 3.42. The van der Waals surface area contributed by atoms with Crippen molar-refractivity contribution in [1.82, 2.24) is 40.0 Å². The molecule has 0 aliphatic rings. The van der Waals surface area contributed by atoms with Crippen LogP contribution in [-0.4, -0.2) is 56.9 Å². The number of halogens is 3. The van der Waals surface area contributed by atoms with Gasteiger partial charge in [-0.1, -0.05) is 22.6 Å². The number of benzene rings is 1. The third-order valence-electron chi connectivity index (χ3n) is 4.48. The molecule has 3 rings (SSSR count). The fourth-order valence-electron chi connectivity index (χ4n) is 2.92. The first-order valence-electron chi connectivity index (χ1n) is 10.3. The van der Waals surface area contributed by atoms with E-state index in [1.807, 2.05) is 0 Å². The number of hydrogen-bond donors (Lipinski definition) is 2. The predicted molar refractivity (Wildman–Crippen MR) is 115 cm³/mol. The molecular formula is C19H23F3N8O4S. The standard InChI is InChI=1S/C19H23F3N8O4S/c1-35(32,33)24-11-15-12-29(27-25-15)7-2-3-8-30-13-17(26-28-30)18(31)23-10-14-5-4-6-16(9-14)34-19(20,21)22/h4-6,9,12-13,24H,2-3,7-8,10-11H2,1H3,(H,23,31). The Morgan fingerprint density at radius 1 is 1.06 bits per heavy atom. The number of amides is 1. The number of aromatic nitrogens is 6. The van der Waals surface area contributed by atoms with E-state index in [9.17, 15) is 26.4 Å². The highest BCUT2D eigenvalue weighted by molar-refractivity contribution is 7.88. The Morgan fingerprint density at radius 3 is 2.43 bits per heavy atom. The molecule has 0 atom stereocenters. The number of carbonyl (C=O) groups excluding carboxylic acids is 1. The second-order valence-electron chi connectivity index (χ2n) is 7.52. The maximum Gasteiger partial charge on any atom is 0.573 e. The van der Waals surface area contributed by atoms with Gasteiger partial charge in [0.05, 0.1) is 24.7 Å². The maximum absolute atomic E-state index is 12.3. The first kappa shape index (κ1) is 26.1. The van der Waals surface area contributed by atoms with Crippen LogP contribution in [0, 0.1) is 0 Å². The molecule has 3 aromatic rings. The molecule has 0 unspecified atom stereocenters. The Labute approximate surface area is 198 Å². The summed E-state index contributed by atoms with van der Waals surface area (Å²) in [5, 5.41) is 18.1. The van der Waals surface area contributed by atoms with Crippen molar-refractivity contribution in [1.29, 1.82) is 0 Å². The van der Waals surface area contributed by atoms with Crippen LogP contribution < -0.4 is 14.8 Å². The molecule has 2 N–H and O–H groups in total. The summed E-state index contributed by atoms with van der Waals surface area (Å²) in [5.74, 6) is -0.890. The lowest BCUT2D eigenvalue weighted by Gasteiger charge is -2.10. The SMILES string of the molecule is CS(=O)(=O)NCc1cn(CCCCn2cc(C(=O)NCc3cccc(OC(F)(F)F)c3)nn2)nn1. The highest BCUT2D eigenvalue weighted by Crippen LogP contribution is 2.23. The van der Waals surface area contributed by atoms with Gasteiger partial charge in [-0.25, -0.2) is 13.1 Å². The smallest absolute Gasteiger partial charge is 0.406 e. The van der Waals surface area contributed by atoms with Gasteiger partial charge in [0.15, 0.2) is 5.69 Å². The minimum Gasteiger partial charge on any atom is -0.406 e. The van der Waals surface area contributed by atoms with Crippen LogP contribution in [0.25, 0.3) is 0 Å². The van der Waals surface area contributed by atoms with Crippen LogP contribution in [0.4, 0.5) is 13.2 Å². The van der Waals surface area contributed by atoms with Crippen LogP contribution in [0.5, 0.6) is 5.75 Å². The lowest BCUT2D eigenvalue weighted by molar-refractivity contribution is -0.274. The zero-order valence-electron chi connectivity index (χ0n) is 18.6. The molecule has 0 spiro atoms. The lowest BCUT2D eigenvalue weighted by atomic mass is 10.2. The van der Waals surface area contributed by atoms with Crippen LogP contribution in [0.2, 0.25) is 0 Å². The van der Waals surface area contributed by atoms with Crippen LogP contribution in [-0.2, 0) is 36.2 Å². The first-order valence-corrected chi connectivity index (χ1v) is 12.2. The molecule has 2 heterocycles. The topological polar surface area (TPSA) is 146 Å².